The zero-order chi connectivity index (χ0) is 13.7. The number of halogens is 1. The first-order chi connectivity index (χ1) is 8.54. The van der Waals surface area contributed by atoms with E-state index in [4.69, 9.17) is 21.1 Å². The van der Waals surface area contributed by atoms with Crippen LogP contribution in [0.5, 0.6) is 11.5 Å². The Morgan fingerprint density at radius 3 is 2.22 bits per heavy atom. The van der Waals surface area contributed by atoms with Crippen LogP contribution in [-0.2, 0) is 0 Å². The lowest BCUT2D eigenvalue weighted by Gasteiger charge is -2.20. The average Bonchev–Trinajstić information content (AvgIpc) is 2.37. The Bertz CT molecular complexity index is 471. The molecule has 0 aliphatic carbocycles. The molecule has 0 N–H and O–H groups in total. The van der Waals surface area contributed by atoms with Crippen LogP contribution in [0, 0.1) is 17.8 Å². The molecule has 0 saturated heterocycles. The monoisotopic (exact) mass is 266 g/mol. The predicted octanol–water partition coefficient (Wildman–Crippen LogP) is 4.12. The zero-order valence-corrected chi connectivity index (χ0v) is 12.3. The topological polar surface area (TPSA) is 18.5 Å². The van der Waals surface area contributed by atoms with Crippen LogP contribution in [-0.4, -0.2) is 14.2 Å². The number of benzene rings is 1. The molecule has 1 aromatic rings. The third-order valence-corrected chi connectivity index (χ3v) is 3.41. The van der Waals surface area contributed by atoms with Gasteiger partial charge < -0.3 is 9.47 Å². The quantitative estimate of drug-likeness (QED) is 0.763. The van der Waals surface area contributed by atoms with Gasteiger partial charge in [0.25, 0.3) is 0 Å². The van der Waals surface area contributed by atoms with Crippen molar-refractivity contribution in [1.29, 1.82) is 0 Å². The van der Waals surface area contributed by atoms with E-state index in [1.807, 2.05) is 19.1 Å². The van der Waals surface area contributed by atoms with Gasteiger partial charge in [0.1, 0.15) is 11.5 Å². The highest BCUT2D eigenvalue weighted by Crippen LogP contribution is 2.38. The second kappa shape index (κ2) is 6.56. The minimum absolute atomic E-state index is 0.244. The Balaban J connectivity index is 3.21. The molecule has 2 nitrogen and oxygen atoms in total. The Labute approximate surface area is 114 Å². The van der Waals surface area contributed by atoms with E-state index in [9.17, 15) is 0 Å². The summed E-state index contributed by atoms with van der Waals surface area (Å²) in [7, 11) is 3.24. The molecule has 1 rings (SSSR count). The Morgan fingerprint density at radius 1 is 1.11 bits per heavy atom. The first kappa shape index (κ1) is 14.7. The molecule has 0 aliphatic rings. The summed E-state index contributed by atoms with van der Waals surface area (Å²) in [5.74, 6) is 8.01. The van der Waals surface area contributed by atoms with Gasteiger partial charge in [0, 0.05) is 12.0 Å². The summed E-state index contributed by atoms with van der Waals surface area (Å²) in [6.45, 7) is 6.07. The molecule has 0 amide bonds. The number of methoxy groups -OCH3 is 2. The van der Waals surface area contributed by atoms with Gasteiger partial charge in [-0.3, -0.25) is 0 Å². The highest BCUT2D eigenvalue weighted by Gasteiger charge is 2.19. The SMILES string of the molecule is CC#CC(C)C(C)c1cc(Cl)c(OC)cc1OC. The fraction of sp³-hybridized carbons (Fsp3) is 0.467. The van der Waals surface area contributed by atoms with Gasteiger partial charge in [0.2, 0.25) is 0 Å². The van der Waals surface area contributed by atoms with E-state index in [1.54, 1.807) is 14.2 Å². The maximum absolute atomic E-state index is 6.17. The van der Waals surface area contributed by atoms with Crippen LogP contribution < -0.4 is 9.47 Å². The Kier molecular flexibility index (Phi) is 5.37. The summed E-state index contributed by atoms with van der Waals surface area (Å²) < 4.78 is 10.6. The van der Waals surface area contributed by atoms with Crippen LogP contribution in [0.3, 0.4) is 0 Å². The van der Waals surface area contributed by atoms with Crippen molar-refractivity contribution in [2.45, 2.75) is 26.7 Å². The van der Waals surface area contributed by atoms with Crippen LogP contribution in [0.1, 0.15) is 32.3 Å². The fourth-order valence-corrected chi connectivity index (χ4v) is 2.11. The third-order valence-electron chi connectivity index (χ3n) is 3.12. The summed E-state index contributed by atoms with van der Waals surface area (Å²) in [4.78, 5) is 0. The van der Waals surface area contributed by atoms with Gasteiger partial charge in [0.05, 0.1) is 19.2 Å². The summed E-state index contributed by atoms with van der Waals surface area (Å²) >= 11 is 6.17. The highest BCUT2D eigenvalue weighted by molar-refractivity contribution is 6.32. The van der Waals surface area contributed by atoms with Gasteiger partial charge in [0.15, 0.2) is 0 Å². The second-order valence-electron chi connectivity index (χ2n) is 4.20. The van der Waals surface area contributed by atoms with E-state index in [2.05, 4.69) is 25.7 Å². The number of ether oxygens (including phenoxy) is 2. The first-order valence-electron chi connectivity index (χ1n) is 5.88. The van der Waals surface area contributed by atoms with Gasteiger partial charge >= 0.3 is 0 Å². The van der Waals surface area contributed by atoms with Gasteiger partial charge in [-0.2, -0.15) is 0 Å². The lowest BCUT2D eigenvalue weighted by molar-refractivity contribution is 0.386. The standard InChI is InChI=1S/C15H19ClO2/c1-6-7-10(2)11(3)12-8-13(16)15(18-5)9-14(12)17-4/h8-11H,1-5H3. The average molecular weight is 267 g/mol. The molecule has 0 radical (unpaired) electrons. The van der Waals surface area contributed by atoms with Crippen LogP contribution >= 0.6 is 11.6 Å². The fourth-order valence-electron chi connectivity index (χ4n) is 1.86. The van der Waals surface area contributed by atoms with E-state index in [1.165, 1.54) is 0 Å². The van der Waals surface area contributed by atoms with Crippen molar-refractivity contribution in [2.24, 2.45) is 5.92 Å². The highest BCUT2D eigenvalue weighted by atomic mass is 35.5. The minimum Gasteiger partial charge on any atom is -0.496 e. The molecule has 0 aromatic heterocycles. The molecule has 0 fully saturated rings. The molecule has 2 atom stereocenters. The summed E-state index contributed by atoms with van der Waals surface area (Å²) in [6, 6.07) is 3.72. The van der Waals surface area contributed by atoms with Crippen LogP contribution in [0.2, 0.25) is 5.02 Å². The summed E-state index contributed by atoms with van der Waals surface area (Å²) in [5, 5.41) is 0.594. The number of hydrogen-bond acceptors (Lipinski definition) is 2. The maximum Gasteiger partial charge on any atom is 0.141 e. The van der Waals surface area contributed by atoms with Gasteiger partial charge in [-0.1, -0.05) is 31.4 Å². The van der Waals surface area contributed by atoms with Gasteiger partial charge in [-0.05, 0) is 24.5 Å². The Hall–Kier alpha value is -1.33. The predicted molar refractivity (Wildman–Crippen MR) is 75.6 cm³/mol. The maximum atomic E-state index is 6.17. The number of rotatable bonds is 4. The lowest BCUT2D eigenvalue weighted by Crippen LogP contribution is -2.06. The molecule has 2 unspecified atom stereocenters. The molecule has 3 heteroatoms. The van der Waals surface area contributed by atoms with E-state index in [0.29, 0.717) is 10.8 Å². The summed E-state index contributed by atoms with van der Waals surface area (Å²) in [6.07, 6.45) is 0. The van der Waals surface area contributed by atoms with Gasteiger partial charge in [-0.25, -0.2) is 0 Å². The molecule has 18 heavy (non-hydrogen) atoms. The van der Waals surface area contributed by atoms with Crippen LogP contribution in [0.4, 0.5) is 0 Å². The van der Waals surface area contributed by atoms with Crippen molar-refractivity contribution in [3.05, 3.63) is 22.7 Å². The zero-order valence-electron chi connectivity index (χ0n) is 11.5. The molecular formula is C15H19ClO2. The molecular weight excluding hydrogens is 248 g/mol. The molecule has 98 valence electrons. The van der Waals surface area contributed by atoms with Crippen LogP contribution in [0.25, 0.3) is 0 Å². The van der Waals surface area contributed by atoms with Crippen LogP contribution in [0.15, 0.2) is 12.1 Å². The second-order valence-corrected chi connectivity index (χ2v) is 4.61. The van der Waals surface area contributed by atoms with Crippen molar-refractivity contribution in [3.63, 3.8) is 0 Å². The van der Waals surface area contributed by atoms with Crippen molar-refractivity contribution in [1.82, 2.24) is 0 Å². The first-order valence-corrected chi connectivity index (χ1v) is 6.26. The normalized spacial score (nSPS) is 13.2. The van der Waals surface area contributed by atoms with E-state index < -0.39 is 0 Å². The van der Waals surface area contributed by atoms with Gasteiger partial charge in [-0.15, -0.1) is 5.92 Å². The molecule has 0 aliphatic heterocycles. The molecule has 0 bridgehead atoms. The largest absolute Gasteiger partial charge is 0.496 e. The minimum atomic E-state index is 0.244. The Morgan fingerprint density at radius 2 is 1.72 bits per heavy atom. The van der Waals surface area contributed by atoms with Crippen molar-refractivity contribution in [3.8, 4) is 23.3 Å². The lowest BCUT2D eigenvalue weighted by atomic mass is 9.88. The van der Waals surface area contributed by atoms with Crippen molar-refractivity contribution in [2.75, 3.05) is 14.2 Å². The van der Waals surface area contributed by atoms with E-state index in [-0.39, 0.29) is 11.8 Å². The van der Waals surface area contributed by atoms with E-state index in [0.717, 1.165) is 11.3 Å². The van der Waals surface area contributed by atoms with E-state index >= 15 is 0 Å². The summed E-state index contributed by atoms with van der Waals surface area (Å²) in [5.41, 5.74) is 1.05. The third kappa shape index (κ3) is 3.11. The molecule has 0 saturated carbocycles. The molecule has 0 heterocycles. The van der Waals surface area contributed by atoms with Crippen molar-refractivity contribution < 1.29 is 9.47 Å². The van der Waals surface area contributed by atoms with Crippen molar-refractivity contribution >= 4 is 11.6 Å². The molecule has 0 spiro atoms. The smallest absolute Gasteiger partial charge is 0.141 e. The molecule has 1 aromatic carbocycles. The number of hydrogen-bond donors (Lipinski definition) is 0.